The molecule has 0 fully saturated rings. The van der Waals surface area contributed by atoms with Gasteiger partial charge in [0.15, 0.2) is 0 Å². The number of hydrogen-bond acceptors (Lipinski definition) is 2. The van der Waals surface area contributed by atoms with Crippen molar-refractivity contribution >= 4 is 6.03 Å². The number of amides is 2. The van der Waals surface area contributed by atoms with Crippen molar-refractivity contribution < 1.29 is 9.90 Å². The molecule has 1 aliphatic rings. The quantitative estimate of drug-likeness (QED) is 0.820. The first-order valence-electron chi connectivity index (χ1n) is 6.04. The molecule has 0 aliphatic carbocycles. The van der Waals surface area contributed by atoms with Crippen molar-refractivity contribution in [3.05, 3.63) is 29.3 Å². The van der Waals surface area contributed by atoms with E-state index in [9.17, 15) is 9.90 Å². The molecule has 0 saturated heterocycles. The number of aromatic hydroxyl groups is 1. The summed E-state index contributed by atoms with van der Waals surface area (Å²) in [7, 11) is 0. The zero-order valence-electron chi connectivity index (χ0n) is 10.1. The number of carbonyl (C=O) groups excluding carboxylic acids is 1. The summed E-state index contributed by atoms with van der Waals surface area (Å²) in [5.74, 6) is 0.263. The van der Waals surface area contributed by atoms with Gasteiger partial charge in [0.25, 0.3) is 0 Å². The van der Waals surface area contributed by atoms with Crippen LogP contribution in [0.4, 0.5) is 4.79 Å². The van der Waals surface area contributed by atoms with Crippen LogP contribution < -0.4 is 5.32 Å². The molecule has 0 unspecified atom stereocenters. The second-order valence-electron chi connectivity index (χ2n) is 4.36. The van der Waals surface area contributed by atoms with E-state index in [4.69, 9.17) is 0 Å². The molecule has 0 radical (unpaired) electrons. The Labute approximate surface area is 101 Å². The molecule has 0 atom stereocenters. The maximum absolute atomic E-state index is 11.8. The van der Waals surface area contributed by atoms with Crippen LogP contribution in [0.2, 0.25) is 0 Å². The lowest BCUT2D eigenvalue weighted by molar-refractivity contribution is 0.192. The predicted molar refractivity (Wildman–Crippen MR) is 65.9 cm³/mol. The van der Waals surface area contributed by atoms with Crippen molar-refractivity contribution in [1.82, 2.24) is 10.2 Å². The van der Waals surface area contributed by atoms with Gasteiger partial charge in [0, 0.05) is 19.6 Å². The van der Waals surface area contributed by atoms with Gasteiger partial charge in [-0.15, -0.1) is 0 Å². The summed E-state index contributed by atoms with van der Waals surface area (Å²) in [4.78, 5) is 13.6. The first-order valence-corrected chi connectivity index (χ1v) is 6.04. The van der Waals surface area contributed by atoms with Gasteiger partial charge in [-0.1, -0.05) is 13.0 Å². The number of rotatable bonds is 2. The number of phenolic OH excluding ortho intramolecular Hbond substituents is 1. The number of carbonyl (C=O) groups is 1. The van der Waals surface area contributed by atoms with Crippen LogP contribution >= 0.6 is 0 Å². The fourth-order valence-electron chi connectivity index (χ4n) is 2.06. The van der Waals surface area contributed by atoms with E-state index < -0.39 is 0 Å². The molecule has 1 aliphatic heterocycles. The van der Waals surface area contributed by atoms with Gasteiger partial charge in [0.05, 0.1) is 0 Å². The largest absolute Gasteiger partial charge is 0.508 e. The zero-order valence-corrected chi connectivity index (χ0v) is 10.1. The number of benzene rings is 1. The average molecular weight is 234 g/mol. The van der Waals surface area contributed by atoms with Gasteiger partial charge in [0.2, 0.25) is 0 Å². The highest BCUT2D eigenvalue weighted by atomic mass is 16.3. The first kappa shape index (κ1) is 11.8. The van der Waals surface area contributed by atoms with E-state index in [0.717, 1.165) is 24.9 Å². The third-order valence-electron chi connectivity index (χ3n) is 3.02. The summed E-state index contributed by atoms with van der Waals surface area (Å²) in [6.45, 7) is 4.07. The fourth-order valence-corrected chi connectivity index (χ4v) is 2.06. The van der Waals surface area contributed by atoms with Gasteiger partial charge in [0.1, 0.15) is 5.75 Å². The Morgan fingerprint density at radius 1 is 1.47 bits per heavy atom. The Morgan fingerprint density at radius 2 is 2.29 bits per heavy atom. The number of nitrogens with zero attached hydrogens (tertiary/aromatic N) is 1. The molecule has 0 saturated carbocycles. The summed E-state index contributed by atoms with van der Waals surface area (Å²) >= 11 is 0. The second kappa shape index (κ2) is 5.08. The Hall–Kier alpha value is -1.71. The Morgan fingerprint density at radius 3 is 3.06 bits per heavy atom. The molecule has 0 aromatic heterocycles. The minimum Gasteiger partial charge on any atom is -0.508 e. The number of hydrogen-bond donors (Lipinski definition) is 2. The number of nitrogens with one attached hydrogen (secondary N) is 1. The SMILES string of the molecule is CCCNC(=O)N1CCc2ccc(O)cc2C1. The van der Waals surface area contributed by atoms with E-state index in [0.29, 0.717) is 13.1 Å². The molecule has 2 N–H and O–H groups in total. The lowest BCUT2D eigenvalue weighted by Crippen LogP contribution is -2.42. The minimum atomic E-state index is -0.0131. The van der Waals surface area contributed by atoms with Crippen LogP contribution in [0.5, 0.6) is 5.75 Å². The van der Waals surface area contributed by atoms with Crippen molar-refractivity contribution in [1.29, 1.82) is 0 Å². The number of phenols is 1. The van der Waals surface area contributed by atoms with Crippen molar-refractivity contribution in [2.24, 2.45) is 0 Å². The number of urea groups is 1. The predicted octanol–water partition coefficient (Wildman–Crippen LogP) is 1.87. The lowest BCUT2D eigenvalue weighted by Gasteiger charge is -2.29. The Balaban J connectivity index is 2.04. The fraction of sp³-hybridized carbons (Fsp3) is 0.462. The normalized spacial score (nSPS) is 14.3. The summed E-state index contributed by atoms with van der Waals surface area (Å²) < 4.78 is 0. The van der Waals surface area contributed by atoms with Crippen molar-refractivity contribution in [3.63, 3.8) is 0 Å². The van der Waals surface area contributed by atoms with Crippen LogP contribution in [0.25, 0.3) is 0 Å². The molecule has 2 rings (SSSR count). The molecule has 4 heteroatoms. The Kier molecular flexibility index (Phi) is 3.52. The zero-order chi connectivity index (χ0) is 12.3. The van der Waals surface area contributed by atoms with Gasteiger partial charge in [-0.05, 0) is 36.1 Å². The van der Waals surface area contributed by atoms with Crippen LogP contribution in [0.3, 0.4) is 0 Å². The van der Waals surface area contributed by atoms with Gasteiger partial charge >= 0.3 is 6.03 Å². The molecule has 1 heterocycles. The molecular weight excluding hydrogens is 216 g/mol. The van der Waals surface area contributed by atoms with E-state index in [2.05, 4.69) is 5.32 Å². The van der Waals surface area contributed by atoms with Crippen LogP contribution in [-0.4, -0.2) is 29.1 Å². The number of fused-ring (bicyclic) bond motifs is 1. The summed E-state index contributed by atoms with van der Waals surface area (Å²) in [6.07, 6.45) is 1.80. The van der Waals surface area contributed by atoms with E-state index in [1.807, 2.05) is 13.0 Å². The van der Waals surface area contributed by atoms with E-state index in [1.54, 1.807) is 17.0 Å². The highest BCUT2D eigenvalue weighted by Gasteiger charge is 2.20. The van der Waals surface area contributed by atoms with Crippen molar-refractivity contribution in [2.45, 2.75) is 26.3 Å². The van der Waals surface area contributed by atoms with Crippen molar-refractivity contribution in [2.75, 3.05) is 13.1 Å². The smallest absolute Gasteiger partial charge is 0.317 e. The maximum atomic E-state index is 11.8. The minimum absolute atomic E-state index is 0.0131. The first-order chi connectivity index (χ1) is 8.20. The van der Waals surface area contributed by atoms with E-state index in [-0.39, 0.29) is 11.8 Å². The van der Waals surface area contributed by atoms with Gasteiger partial charge in [-0.25, -0.2) is 4.79 Å². The van der Waals surface area contributed by atoms with Crippen molar-refractivity contribution in [3.8, 4) is 5.75 Å². The average Bonchev–Trinajstić information content (AvgIpc) is 2.35. The monoisotopic (exact) mass is 234 g/mol. The molecule has 17 heavy (non-hydrogen) atoms. The van der Waals surface area contributed by atoms with Gasteiger partial charge in [-0.3, -0.25) is 0 Å². The third kappa shape index (κ3) is 2.70. The van der Waals surface area contributed by atoms with Crippen LogP contribution in [0, 0.1) is 0 Å². The maximum Gasteiger partial charge on any atom is 0.317 e. The third-order valence-corrected chi connectivity index (χ3v) is 3.02. The van der Waals surface area contributed by atoms with E-state index in [1.165, 1.54) is 5.56 Å². The second-order valence-corrected chi connectivity index (χ2v) is 4.36. The topological polar surface area (TPSA) is 52.6 Å². The molecule has 0 spiro atoms. The highest BCUT2D eigenvalue weighted by Crippen LogP contribution is 2.22. The standard InChI is InChI=1S/C13H18N2O2/c1-2-6-14-13(17)15-7-5-10-3-4-12(16)8-11(10)9-15/h3-4,8,16H,2,5-7,9H2,1H3,(H,14,17). The lowest BCUT2D eigenvalue weighted by atomic mass is 10.00. The van der Waals surface area contributed by atoms with Crippen LogP contribution in [0.15, 0.2) is 18.2 Å². The molecule has 1 aromatic rings. The molecular formula is C13H18N2O2. The van der Waals surface area contributed by atoms with E-state index >= 15 is 0 Å². The Bertz CT molecular complexity index is 418. The molecule has 92 valence electrons. The molecule has 1 aromatic carbocycles. The van der Waals surface area contributed by atoms with Gasteiger partial charge in [-0.2, -0.15) is 0 Å². The summed E-state index contributed by atoms with van der Waals surface area (Å²) in [5, 5.41) is 12.3. The highest BCUT2D eigenvalue weighted by molar-refractivity contribution is 5.74. The summed E-state index contributed by atoms with van der Waals surface area (Å²) in [6, 6.07) is 5.37. The summed E-state index contributed by atoms with van der Waals surface area (Å²) in [5.41, 5.74) is 2.27. The van der Waals surface area contributed by atoms with Crippen LogP contribution in [0.1, 0.15) is 24.5 Å². The molecule has 0 bridgehead atoms. The molecule has 2 amide bonds. The molecule has 4 nitrogen and oxygen atoms in total. The van der Waals surface area contributed by atoms with Crippen LogP contribution in [-0.2, 0) is 13.0 Å². The van der Waals surface area contributed by atoms with Gasteiger partial charge < -0.3 is 15.3 Å².